The summed E-state index contributed by atoms with van der Waals surface area (Å²) < 4.78 is 0. The van der Waals surface area contributed by atoms with Crippen molar-refractivity contribution in [2.75, 3.05) is 5.32 Å². The van der Waals surface area contributed by atoms with Gasteiger partial charge in [-0.2, -0.15) is 0 Å². The predicted molar refractivity (Wildman–Crippen MR) is 81.7 cm³/mol. The summed E-state index contributed by atoms with van der Waals surface area (Å²) in [6.07, 6.45) is 2.04. The third kappa shape index (κ3) is 3.29. The van der Waals surface area contributed by atoms with Gasteiger partial charge in [0, 0.05) is 16.8 Å². The molecule has 6 heteroatoms. The Hall–Kier alpha value is -1.75. The molecule has 1 aromatic carbocycles. The molecule has 2 unspecified atom stereocenters. The van der Waals surface area contributed by atoms with Crippen molar-refractivity contribution in [1.82, 2.24) is 5.32 Å². The van der Waals surface area contributed by atoms with E-state index in [-0.39, 0.29) is 6.04 Å². The Bertz CT molecular complexity index is 576. The first-order valence-electron chi connectivity index (χ1n) is 6.90. The highest BCUT2D eigenvalue weighted by Crippen LogP contribution is 2.38. The number of benzene rings is 1. The maximum absolute atomic E-state index is 12.0. The molecule has 21 heavy (non-hydrogen) atoms. The number of carboxylic acids is 1. The number of aryl methyl sites for hydroxylation is 1. The lowest BCUT2D eigenvalue weighted by atomic mass is 9.85. The summed E-state index contributed by atoms with van der Waals surface area (Å²) in [4.78, 5) is 23.4. The van der Waals surface area contributed by atoms with Crippen LogP contribution in [0, 0.1) is 12.3 Å². The van der Waals surface area contributed by atoms with Crippen molar-refractivity contribution in [1.29, 1.82) is 0 Å². The van der Waals surface area contributed by atoms with Crippen LogP contribution in [-0.4, -0.2) is 23.1 Å². The number of nitrogens with one attached hydrogen (secondary N) is 2. The fourth-order valence-corrected chi connectivity index (χ4v) is 2.83. The van der Waals surface area contributed by atoms with Crippen LogP contribution in [0.5, 0.6) is 0 Å². The monoisotopic (exact) mass is 310 g/mol. The van der Waals surface area contributed by atoms with Gasteiger partial charge in [0.2, 0.25) is 0 Å². The summed E-state index contributed by atoms with van der Waals surface area (Å²) in [6, 6.07) is 4.47. The van der Waals surface area contributed by atoms with Gasteiger partial charge >= 0.3 is 12.0 Å². The fraction of sp³-hybridized carbons (Fsp3) is 0.467. The van der Waals surface area contributed by atoms with E-state index in [4.69, 9.17) is 11.6 Å². The van der Waals surface area contributed by atoms with Crippen molar-refractivity contribution < 1.29 is 14.7 Å². The lowest BCUT2D eigenvalue weighted by Crippen LogP contribution is -2.48. The first-order chi connectivity index (χ1) is 9.83. The van der Waals surface area contributed by atoms with E-state index in [2.05, 4.69) is 10.6 Å². The van der Waals surface area contributed by atoms with Crippen LogP contribution in [-0.2, 0) is 4.79 Å². The van der Waals surface area contributed by atoms with Crippen molar-refractivity contribution >= 4 is 29.3 Å². The number of carbonyl (C=O) groups is 2. The molecule has 1 aromatic rings. The molecular weight excluding hydrogens is 292 g/mol. The van der Waals surface area contributed by atoms with E-state index in [1.807, 2.05) is 13.0 Å². The van der Waals surface area contributed by atoms with Crippen molar-refractivity contribution in [3.8, 4) is 0 Å². The highest BCUT2D eigenvalue weighted by molar-refractivity contribution is 6.31. The SMILES string of the molecule is Cc1ccc(NC(=O)NC2CCCC2(C)C(=O)O)cc1Cl. The Balaban J connectivity index is 2.01. The molecular formula is C15H19ClN2O3. The normalized spacial score (nSPS) is 24.6. The first-order valence-corrected chi connectivity index (χ1v) is 7.28. The summed E-state index contributed by atoms with van der Waals surface area (Å²) in [5.41, 5.74) is 0.609. The topological polar surface area (TPSA) is 78.4 Å². The molecule has 0 bridgehead atoms. The number of aliphatic carboxylic acids is 1. The molecule has 1 fully saturated rings. The molecule has 5 nitrogen and oxygen atoms in total. The van der Waals surface area contributed by atoms with Crippen molar-refractivity contribution in [2.24, 2.45) is 5.41 Å². The Morgan fingerprint density at radius 2 is 2.14 bits per heavy atom. The molecule has 0 spiro atoms. The van der Waals surface area contributed by atoms with Crippen molar-refractivity contribution in [2.45, 2.75) is 39.2 Å². The van der Waals surface area contributed by atoms with E-state index < -0.39 is 17.4 Å². The highest BCUT2D eigenvalue weighted by atomic mass is 35.5. The lowest BCUT2D eigenvalue weighted by molar-refractivity contribution is -0.148. The van der Waals surface area contributed by atoms with Gasteiger partial charge < -0.3 is 15.7 Å². The van der Waals surface area contributed by atoms with E-state index in [1.54, 1.807) is 19.1 Å². The van der Waals surface area contributed by atoms with Crippen LogP contribution in [0.4, 0.5) is 10.5 Å². The minimum Gasteiger partial charge on any atom is -0.481 e. The number of amides is 2. The molecule has 1 saturated carbocycles. The largest absolute Gasteiger partial charge is 0.481 e. The van der Waals surface area contributed by atoms with Crippen LogP contribution in [0.2, 0.25) is 5.02 Å². The first kappa shape index (κ1) is 15.6. The van der Waals surface area contributed by atoms with Crippen LogP contribution in [0.15, 0.2) is 18.2 Å². The molecule has 2 amide bonds. The summed E-state index contributed by atoms with van der Waals surface area (Å²) in [5, 5.41) is 15.3. The van der Waals surface area contributed by atoms with Crippen molar-refractivity contribution in [3.63, 3.8) is 0 Å². The molecule has 1 aliphatic carbocycles. The number of urea groups is 1. The Kier molecular flexibility index (Phi) is 4.42. The van der Waals surface area contributed by atoms with Gasteiger partial charge in [-0.05, 0) is 44.4 Å². The summed E-state index contributed by atoms with van der Waals surface area (Å²) >= 11 is 6.01. The molecule has 0 saturated heterocycles. The number of anilines is 1. The van der Waals surface area contributed by atoms with E-state index in [0.717, 1.165) is 12.0 Å². The molecule has 3 N–H and O–H groups in total. The molecule has 0 heterocycles. The van der Waals surface area contributed by atoms with E-state index in [9.17, 15) is 14.7 Å². The quantitative estimate of drug-likeness (QED) is 0.800. The minimum atomic E-state index is -0.901. The second kappa shape index (κ2) is 5.93. The second-order valence-corrected chi connectivity index (χ2v) is 6.14. The number of hydrogen-bond donors (Lipinski definition) is 3. The number of carboxylic acid groups (broad SMARTS) is 1. The average molecular weight is 311 g/mol. The van der Waals surface area contributed by atoms with Gasteiger partial charge in [-0.1, -0.05) is 24.1 Å². The van der Waals surface area contributed by atoms with Crippen molar-refractivity contribution in [3.05, 3.63) is 28.8 Å². The van der Waals surface area contributed by atoms with Gasteiger partial charge in [0.1, 0.15) is 0 Å². The smallest absolute Gasteiger partial charge is 0.319 e. The van der Waals surface area contributed by atoms with Crippen LogP contribution >= 0.6 is 11.6 Å². The fourth-order valence-electron chi connectivity index (χ4n) is 2.65. The average Bonchev–Trinajstić information content (AvgIpc) is 2.77. The second-order valence-electron chi connectivity index (χ2n) is 5.73. The van der Waals surface area contributed by atoms with Crippen LogP contribution in [0.1, 0.15) is 31.7 Å². The standard InChI is InChI=1S/C15H19ClN2O3/c1-9-5-6-10(8-11(9)16)17-14(21)18-12-4-3-7-15(12,2)13(19)20/h5-6,8,12H,3-4,7H2,1-2H3,(H,19,20)(H2,17,18,21). The van der Waals surface area contributed by atoms with Gasteiger partial charge in [0.15, 0.2) is 0 Å². The van der Waals surface area contributed by atoms with Gasteiger partial charge in [-0.25, -0.2) is 4.79 Å². The Morgan fingerprint density at radius 3 is 2.76 bits per heavy atom. The lowest BCUT2D eigenvalue weighted by Gasteiger charge is -2.27. The molecule has 0 aliphatic heterocycles. The van der Waals surface area contributed by atoms with Gasteiger partial charge in [0.25, 0.3) is 0 Å². The van der Waals surface area contributed by atoms with Gasteiger partial charge in [0.05, 0.1) is 5.41 Å². The molecule has 114 valence electrons. The summed E-state index contributed by atoms with van der Waals surface area (Å²) in [6.45, 7) is 3.55. The zero-order valence-corrected chi connectivity index (χ0v) is 12.8. The number of hydrogen-bond acceptors (Lipinski definition) is 2. The maximum atomic E-state index is 12.0. The summed E-state index contributed by atoms with van der Waals surface area (Å²) in [5.74, 6) is -0.872. The van der Waals surface area contributed by atoms with E-state index >= 15 is 0 Å². The third-order valence-electron chi connectivity index (χ3n) is 4.18. The summed E-state index contributed by atoms with van der Waals surface area (Å²) in [7, 11) is 0. The van der Waals surface area contributed by atoms with E-state index in [1.165, 1.54) is 0 Å². The Labute approximate surface area is 128 Å². The van der Waals surface area contributed by atoms with Gasteiger partial charge in [-0.3, -0.25) is 4.79 Å². The Morgan fingerprint density at radius 1 is 1.43 bits per heavy atom. The molecule has 0 aromatic heterocycles. The number of rotatable bonds is 3. The van der Waals surface area contributed by atoms with Crippen LogP contribution < -0.4 is 10.6 Å². The maximum Gasteiger partial charge on any atom is 0.319 e. The zero-order chi connectivity index (χ0) is 15.6. The molecule has 1 aliphatic rings. The zero-order valence-electron chi connectivity index (χ0n) is 12.1. The third-order valence-corrected chi connectivity index (χ3v) is 4.59. The molecule has 0 radical (unpaired) electrons. The highest BCUT2D eigenvalue weighted by Gasteiger charge is 2.45. The van der Waals surface area contributed by atoms with Gasteiger partial charge in [-0.15, -0.1) is 0 Å². The van der Waals surface area contributed by atoms with Crippen LogP contribution in [0.25, 0.3) is 0 Å². The van der Waals surface area contributed by atoms with E-state index in [0.29, 0.717) is 23.6 Å². The molecule has 2 rings (SSSR count). The number of halogens is 1. The predicted octanol–water partition coefficient (Wildman–Crippen LogP) is 3.41. The molecule has 2 atom stereocenters. The number of carbonyl (C=O) groups excluding carboxylic acids is 1. The van der Waals surface area contributed by atoms with Crippen LogP contribution in [0.3, 0.4) is 0 Å². The minimum absolute atomic E-state index is 0.365.